The Hall–Kier alpha value is -0.390. The van der Waals surface area contributed by atoms with Crippen LogP contribution in [0.25, 0.3) is 0 Å². The smallest absolute Gasteiger partial charge is 0.432 e. The Bertz CT molecular complexity index is 268. The molecular formula is C7H12ClO6P. The van der Waals surface area contributed by atoms with E-state index >= 15 is 0 Å². The quantitative estimate of drug-likeness (QED) is 0.245. The van der Waals surface area contributed by atoms with Crippen molar-refractivity contribution in [1.82, 2.24) is 0 Å². The molecule has 0 aliphatic carbocycles. The monoisotopic (exact) mass is 258 g/mol. The minimum Gasteiger partial charge on any atom is -0.432 e. The molecule has 2 unspecified atom stereocenters. The van der Waals surface area contributed by atoms with E-state index in [0.717, 1.165) is 13.2 Å². The summed E-state index contributed by atoms with van der Waals surface area (Å²) < 4.78 is 24.3. The van der Waals surface area contributed by atoms with Crippen LogP contribution in [0.4, 0.5) is 0 Å². The second-order valence-corrected chi connectivity index (χ2v) is 4.20. The molecule has 0 aliphatic rings. The Morgan fingerprint density at radius 3 is 2.73 bits per heavy atom. The van der Waals surface area contributed by atoms with Crippen LogP contribution in [0, 0.1) is 0 Å². The molecule has 0 rings (SSSR count). The molecule has 0 fully saturated rings. The first-order valence-electron chi connectivity index (χ1n) is 3.91. The van der Waals surface area contributed by atoms with Crippen molar-refractivity contribution in [3.63, 3.8) is 0 Å². The van der Waals surface area contributed by atoms with E-state index in [0.29, 0.717) is 0 Å². The minimum absolute atomic E-state index is 0.0645. The zero-order valence-electron chi connectivity index (χ0n) is 8.09. The third-order valence-corrected chi connectivity index (χ3v) is 2.42. The van der Waals surface area contributed by atoms with Crippen LogP contribution in [0.15, 0.2) is 12.7 Å². The molecule has 88 valence electrons. The van der Waals surface area contributed by atoms with Crippen LogP contribution in [-0.4, -0.2) is 30.1 Å². The summed E-state index contributed by atoms with van der Waals surface area (Å²) in [5, 5.41) is 0. The maximum atomic E-state index is 11.0. The normalized spacial score (nSPS) is 16.5. The van der Waals surface area contributed by atoms with E-state index in [2.05, 4.69) is 20.4 Å². The zero-order chi connectivity index (χ0) is 11.9. The zero-order valence-corrected chi connectivity index (χ0v) is 9.74. The van der Waals surface area contributed by atoms with E-state index in [4.69, 9.17) is 16.5 Å². The maximum Gasteiger partial charge on any atom is 0.475 e. The number of hydrogen-bond donors (Lipinski definition) is 1. The number of phosphoric ester groups is 1. The lowest BCUT2D eigenvalue weighted by Gasteiger charge is -2.18. The van der Waals surface area contributed by atoms with Gasteiger partial charge in [-0.05, 0) is 0 Å². The van der Waals surface area contributed by atoms with Gasteiger partial charge in [0.05, 0.1) is 0 Å². The molecule has 15 heavy (non-hydrogen) atoms. The van der Waals surface area contributed by atoms with Gasteiger partial charge >= 0.3 is 13.8 Å². The largest absolute Gasteiger partial charge is 0.475 e. The number of ether oxygens (including phenoxy) is 1. The van der Waals surface area contributed by atoms with Gasteiger partial charge < -0.3 is 9.63 Å². The van der Waals surface area contributed by atoms with E-state index in [1.54, 1.807) is 0 Å². The van der Waals surface area contributed by atoms with E-state index in [1.807, 2.05) is 0 Å². The Labute approximate surface area is 92.4 Å². The van der Waals surface area contributed by atoms with Crippen LogP contribution < -0.4 is 0 Å². The molecule has 0 aliphatic heterocycles. The predicted molar refractivity (Wildman–Crippen MR) is 53.3 cm³/mol. The number of alkyl halides is 1. The molecule has 1 N–H and O–H groups in total. The van der Waals surface area contributed by atoms with Crippen LogP contribution in [0.3, 0.4) is 0 Å². The highest BCUT2D eigenvalue weighted by molar-refractivity contribution is 7.47. The van der Waals surface area contributed by atoms with Crippen molar-refractivity contribution in [2.75, 3.05) is 13.0 Å². The molecule has 8 heteroatoms. The molecule has 0 radical (unpaired) electrons. The molecule has 0 aromatic rings. The van der Waals surface area contributed by atoms with Crippen LogP contribution in [-0.2, 0) is 23.1 Å². The lowest BCUT2D eigenvalue weighted by molar-refractivity contribution is -0.159. The number of hydrogen-bond acceptors (Lipinski definition) is 5. The van der Waals surface area contributed by atoms with Gasteiger partial charge in [0, 0.05) is 25.5 Å². The Morgan fingerprint density at radius 1 is 1.73 bits per heavy atom. The second kappa shape index (κ2) is 6.98. The summed E-state index contributed by atoms with van der Waals surface area (Å²) in [5.41, 5.74) is 0. The summed E-state index contributed by atoms with van der Waals surface area (Å²) in [7, 11) is -3.20. The van der Waals surface area contributed by atoms with Crippen LogP contribution in [0.2, 0.25) is 0 Å². The standard InChI is InChI=1S/C7H12ClO6P/c1-3-6(9)13-7(4-5-8)14-15(10,11)12-2/h3,7H,1,4-5H2,2H3,(H,10,11). The first kappa shape index (κ1) is 14.6. The number of carbonyl (C=O) groups is 1. The highest BCUT2D eigenvalue weighted by Crippen LogP contribution is 2.44. The van der Waals surface area contributed by atoms with Crippen LogP contribution in [0.5, 0.6) is 0 Å². The number of phosphoric acid groups is 1. The molecule has 0 amide bonds. The topological polar surface area (TPSA) is 82.1 Å². The molecule has 0 spiro atoms. The van der Waals surface area contributed by atoms with Crippen molar-refractivity contribution in [1.29, 1.82) is 0 Å². The van der Waals surface area contributed by atoms with Gasteiger partial charge in [0.15, 0.2) is 0 Å². The maximum absolute atomic E-state index is 11.0. The van der Waals surface area contributed by atoms with Crippen molar-refractivity contribution in [2.24, 2.45) is 0 Å². The van der Waals surface area contributed by atoms with E-state index in [9.17, 15) is 9.36 Å². The summed E-state index contributed by atoms with van der Waals surface area (Å²) in [5.74, 6) is -0.681. The molecule has 6 nitrogen and oxygen atoms in total. The van der Waals surface area contributed by atoms with Crippen molar-refractivity contribution in [2.45, 2.75) is 12.7 Å². The third-order valence-electron chi connectivity index (χ3n) is 1.24. The molecule has 0 bridgehead atoms. The Balaban J connectivity index is 4.33. The lowest BCUT2D eigenvalue weighted by Crippen LogP contribution is -2.20. The van der Waals surface area contributed by atoms with Crippen LogP contribution >= 0.6 is 19.4 Å². The van der Waals surface area contributed by atoms with Gasteiger partial charge in [0.2, 0.25) is 6.29 Å². The SMILES string of the molecule is C=CC(=O)OC(CCCl)OP(=O)(O)OC. The van der Waals surface area contributed by atoms with Gasteiger partial charge in [0.25, 0.3) is 0 Å². The average molecular weight is 259 g/mol. The van der Waals surface area contributed by atoms with E-state index < -0.39 is 20.1 Å². The van der Waals surface area contributed by atoms with Gasteiger partial charge in [-0.2, -0.15) is 0 Å². The van der Waals surface area contributed by atoms with E-state index in [-0.39, 0.29) is 12.3 Å². The molecule has 0 saturated heterocycles. The molecule has 2 atom stereocenters. The van der Waals surface area contributed by atoms with Gasteiger partial charge in [0.1, 0.15) is 0 Å². The summed E-state index contributed by atoms with van der Waals surface area (Å²) in [4.78, 5) is 19.8. The number of carbonyl (C=O) groups excluding carboxylic acids is 1. The number of rotatable bonds is 7. The van der Waals surface area contributed by atoms with Gasteiger partial charge in [-0.1, -0.05) is 6.58 Å². The molecule has 0 aromatic heterocycles. The first-order valence-corrected chi connectivity index (χ1v) is 5.94. The second-order valence-electron chi connectivity index (χ2n) is 2.30. The molecular weight excluding hydrogens is 246 g/mol. The predicted octanol–water partition coefficient (Wildman–Crippen LogP) is 1.43. The third kappa shape index (κ3) is 6.65. The average Bonchev–Trinajstić information content (AvgIpc) is 2.17. The van der Waals surface area contributed by atoms with Crippen molar-refractivity contribution >= 4 is 25.4 Å². The molecule has 0 aromatic carbocycles. The van der Waals surface area contributed by atoms with Gasteiger partial charge in [-0.25, -0.2) is 13.9 Å². The summed E-state index contributed by atoms with van der Waals surface area (Å²) in [6.07, 6.45) is -0.266. The Kier molecular flexibility index (Phi) is 6.80. The van der Waals surface area contributed by atoms with Gasteiger partial charge in [-0.15, -0.1) is 11.6 Å². The first-order chi connectivity index (χ1) is 6.95. The van der Waals surface area contributed by atoms with Crippen molar-refractivity contribution in [3.8, 4) is 0 Å². The Morgan fingerprint density at radius 2 is 2.33 bits per heavy atom. The minimum atomic E-state index is -4.20. The lowest BCUT2D eigenvalue weighted by atomic mass is 10.5. The van der Waals surface area contributed by atoms with Crippen molar-refractivity contribution < 1.29 is 28.0 Å². The highest BCUT2D eigenvalue weighted by atomic mass is 35.5. The summed E-state index contributed by atoms with van der Waals surface area (Å²) in [6.45, 7) is 3.16. The highest BCUT2D eigenvalue weighted by Gasteiger charge is 2.26. The molecule has 0 saturated carbocycles. The summed E-state index contributed by atoms with van der Waals surface area (Å²) in [6, 6.07) is 0. The fourth-order valence-corrected chi connectivity index (χ4v) is 1.30. The molecule has 0 heterocycles. The van der Waals surface area contributed by atoms with Gasteiger partial charge in [-0.3, -0.25) is 4.52 Å². The summed E-state index contributed by atoms with van der Waals surface area (Å²) >= 11 is 5.39. The fraction of sp³-hybridized carbons (Fsp3) is 0.571. The number of halogens is 1. The van der Waals surface area contributed by atoms with Crippen LogP contribution in [0.1, 0.15) is 6.42 Å². The van der Waals surface area contributed by atoms with Crippen molar-refractivity contribution in [3.05, 3.63) is 12.7 Å². The fourth-order valence-electron chi connectivity index (χ4n) is 0.592. The number of esters is 1. The van der Waals surface area contributed by atoms with E-state index in [1.165, 1.54) is 0 Å².